The minimum atomic E-state index is -0.474. The molecule has 0 aromatic carbocycles. The van der Waals surface area contributed by atoms with Gasteiger partial charge in [0.05, 0.1) is 7.11 Å². The molecule has 0 saturated carbocycles. The highest BCUT2D eigenvalue weighted by Crippen LogP contribution is 2.21. The molecule has 1 fully saturated rings. The predicted molar refractivity (Wildman–Crippen MR) is 96.6 cm³/mol. The Morgan fingerprint density at radius 3 is 2.58 bits per heavy atom. The number of nitrogens with zero attached hydrogens (tertiary/aromatic N) is 3. The first-order valence-corrected chi connectivity index (χ1v) is 8.57. The lowest BCUT2D eigenvalue weighted by molar-refractivity contribution is 0.0249. The number of anilines is 1. The van der Waals surface area contributed by atoms with E-state index in [0.29, 0.717) is 42.1 Å². The van der Waals surface area contributed by atoms with E-state index in [9.17, 15) is 4.79 Å². The summed E-state index contributed by atoms with van der Waals surface area (Å²) >= 11 is 3.33. The van der Waals surface area contributed by atoms with E-state index in [4.69, 9.17) is 9.47 Å². The first kappa shape index (κ1) is 18.5. The average molecular weight is 399 g/mol. The zero-order chi connectivity index (χ0) is 17.7. The van der Waals surface area contributed by atoms with Crippen LogP contribution in [0, 0.1) is 0 Å². The number of aromatic nitrogens is 1. The summed E-state index contributed by atoms with van der Waals surface area (Å²) in [4.78, 5) is 18.0. The quantitative estimate of drug-likeness (QED) is 0.620. The molecule has 1 amide bonds. The Hall–Kier alpha value is -1.83. The number of amides is 1. The van der Waals surface area contributed by atoms with Gasteiger partial charge in [-0.25, -0.2) is 9.78 Å². The van der Waals surface area contributed by atoms with E-state index in [-0.39, 0.29) is 6.09 Å². The number of hydrogen-bond acceptors (Lipinski definition) is 6. The van der Waals surface area contributed by atoms with Gasteiger partial charge < -0.3 is 14.4 Å². The molecule has 1 aromatic rings. The molecule has 7 nitrogen and oxygen atoms in total. The van der Waals surface area contributed by atoms with Crippen molar-refractivity contribution in [2.75, 3.05) is 25.6 Å². The van der Waals surface area contributed by atoms with Gasteiger partial charge in [-0.3, -0.25) is 5.43 Å². The molecule has 2 rings (SSSR count). The van der Waals surface area contributed by atoms with Crippen molar-refractivity contribution >= 4 is 33.6 Å². The maximum atomic E-state index is 12.0. The molecule has 1 aromatic heterocycles. The number of hydrazone groups is 1. The molecule has 0 radical (unpaired) electrons. The van der Waals surface area contributed by atoms with Crippen LogP contribution in [0.15, 0.2) is 21.8 Å². The van der Waals surface area contributed by atoms with E-state index in [1.165, 1.54) is 0 Å². The average Bonchev–Trinajstić information content (AvgIpc) is 2.51. The van der Waals surface area contributed by atoms with Crippen molar-refractivity contribution < 1.29 is 14.3 Å². The highest BCUT2D eigenvalue weighted by Gasteiger charge is 2.25. The molecule has 0 bridgehead atoms. The molecule has 0 unspecified atom stereocenters. The summed E-state index contributed by atoms with van der Waals surface area (Å²) in [6, 6.07) is 3.54. The van der Waals surface area contributed by atoms with Crippen LogP contribution in [-0.4, -0.2) is 47.5 Å². The Kier molecular flexibility index (Phi) is 6.04. The number of methoxy groups -OCH3 is 1. The summed E-state index contributed by atoms with van der Waals surface area (Å²) in [5.41, 5.74) is 3.47. The largest absolute Gasteiger partial charge is 0.497 e. The van der Waals surface area contributed by atoms with Crippen molar-refractivity contribution in [1.29, 1.82) is 0 Å². The number of likely N-dealkylation sites (tertiary alicyclic amines) is 1. The van der Waals surface area contributed by atoms with Gasteiger partial charge in [0.2, 0.25) is 0 Å². The molecule has 1 aliphatic heterocycles. The number of pyridine rings is 1. The third kappa shape index (κ3) is 5.67. The number of nitrogens with one attached hydrogen (secondary N) is 1. The van der Waals surface area contributed by atoms with E-state index in [2.05, 4.69) is 31.4 Å². The third-order valence-corrected chi connectivity index (χ3v) is 3.73. The third-order valence-electron chi connectivity index (χ3n) is 3.32. The Morgan fingerprint density at radius 1 is 1.33 bits per heavy atom. The highest BCUT2D eigenvalue weighted by atomic mass is 79.9. The lowest BCUT2D eigenvalue weighted by Crippen LogP contribution is -2.42. The van der Waals surface area contributed by atoms with Crippen molar-refractivity contribution in [2.45, 2.75) is 39.2 Å². The van der Waals surface area contributed by atoms with E-state index < -0.39 is 5.60 Å². The smallest absolute Gasteiger partial charge is 0.410 e. The first-order valence-electron chi connectivity index (χ1n) is 7.78. The maximum Gasteiger partial charge on any atom is 0.410 e. The summed E-state index contributed by atoms with van der Waals surface area (Å²) in [6.45, 7) is 6.80. The van der Waals surface area contributed by atoms with E-state index in [1.54, 1.807) is 24.1 Å². The molecule has 2 heterocycles. The second-order valence-electron chi connectivity index (χ2n) is 6.47. The fourth-order valence-electron chi connectivity index (χ4n) is 2.17. The van der Waals surface area contributed by atoms with Crippen molar-refractivity contribution in [3.05, 3.63) is 16.7 Å². The molecule has 24 heavy (non-hydrogen) atoms. The molecule has 8 heteroatoms. The van der Waals surface area contributed by atoms with Crippen molar-refractivity contribution in [1.82, 2.24) is 9.88 Å². The lowest BCUT2D eigenvalue weighted by Gasteiger charge is -2.30. The van der Waals surface area contributed by atoms with Crippen LogP contribution in [0.1, 0.15) is 33.6 Å². The summed E-state index contributed by atoms with van der Waals surface area (Å²) in [7, 11) is 1.60. The minimum Gasteiger partial charge on any atom is -0.497 e. The monoisotopic (exact) mass is 398 g/mol. The molecular formula is C16H23BrN4O3. The minimum absolute atomic E-state index is 0.270. The molecule has 1 aliphatic rings. The van der Waals surface area contributed by atoms with Gasteiger partial charge in [-0.2, -0.15) is 5.10 Å². The normalized spacial score (nSPS) is 15.0. The van der Waals surface area contributed by atoms with Crippen molar-refractivity contribution in [3.63, 3.8) is 0 Å². The van der Waals surface area contributed by atoms with Crippen LogP contribution in [-0.2, 0) is 4.74 Å². The number of hydrogen-bond donors (Lipinski definition) is 1. The number of ether oxygens (including phenoxy) is 2. The molecular weight excluding hydrogens is 376 g/mol. The second-order valence-corrected chi connectivity index (χ2v) is 7.28. The van der Waals surface area contributed by atoms with E-state index >= 15 is 0 Å². The van der Waals surface area contributed by atoms with Gasteiger partial charge >= 0.3 is 6.09 Å². The molecule has 1 N–H and O–H groups in total. The molecule has 0 atom stereocenters. The van der Waals surface area contributed by atoms with Crippen LogP contribution in [0.5, 0.6) is 5.75 Å². The van der Waals surface area contributed by atoms with Gasteiger partial charge in [0.15, 0.2) is 5.82 Å². The Balaban J connectivity index is 1.89. The summed E-state index contributed by atoms with van der Waals surface area (Å²) in [6.07, 6.45) is 1.14. The Morgan fingerprint density at radius 2 is 2.00 bits per heavy atom. The first-order chi connectivity index (χ1) is 11.3. The molecule has 1 saturated heterocycles. The van der Waals surface area contributed by atoms with E-state index in [0.717, 1.165) is 5.71 Å². The SMILES string of the molecule is COc1cc(Br)nc(NN=C2CCN(C(=O)OC(C)(C)C)CC2)c1. The Labute approximate surface area is 150 Å². The zero-order valence-electron chi connectivity index (χ0n) is 14.4. The standard InChI is InChI=1S/C16H23BrN4O3/c1-16(2,3)24-15(22)21-7-5-11(6-8-21)19-20-14-10-12(23-4)9-13(17)18-14/h9-10H,5-8H2,1-4H3,(H,18,20). The van der Waals surface area contributed by atoms with Gasteiger partial charge in [-0.05, 0) is 36.7 Å². The summed E-state index contributed by atoms with van der Waals surface area (Å²) in [5.74, 6) is 1.29. The predicted octanol–water partition coefficient (Wildman–Crippen LogP) is 3.65. The van der Waals surface area contributed by atoms with Crippen LogP contribution in [0.25, 0.3) is 0 Å². The van der Waals surface area contributed by atoms with Gasteiger partial charge in [-0.15, -0.1) is 0 Å². The Bertz CT molecular complexity index is 618. The van der Waals surface area contributed by atoms with Crippen molar-refractivity contribution in [3.8, 4) is 5.75 Å². The number of rotatable bonds is 3. The van der Waals surface area contributed by atoms with Crippen LogP contribution < -0.4 is 10.2 Å². The van der Waals surface area contributed by atoms with Crippen LogP contribution >= 0.6 is 15.9 Å². The highest BCUT2D eigenvalue weighted by molar-refractivity contribution is 9.10. The fourth-order valence-corrected chi connectivity index (χ4v) is 2.59. The van der Waals surface area contributed by atoms with Crippen molar-refractivity contribution in [2.24, 2.45) is 5.10 Å². The second kappa shape index (κ2) is 7.83. The molecule has 0 spiro atoms. The van der Waals surface area contributed by atoms with Crippen LogP contribution in [0.4, 0.5) is 10.6 Å². The van der Waals surface area contributed by atoms with Crippen LogP contribution in [0.2, 0.25) is 0 Å². The number of carbonyl (C=O) groups excluding carboxylic acids is 1. The van der Waals surface area contributed by atoms with Gasteiger partial charge in [-0.1, -0.05) is 0 Å². The number of carbonyl (C=O) groups is 1. The van der Waals surface area contributed by atoms with Gasteiger partial charge in [0.1, 0.15) is 16.0 Å². The summed E-state index contributed by atoms with van der Waals surface area (Å²) in [5, 5.41) is 4.39. The number of piperidine rings is 1. The molecule has 0 aliphatic carbocycles. The lowest BCUT2D eigenvalue weighted by atomic mass is 10.1. The zero-order valence-corrected chi connectivity index (χ0v) is 16.0. The topological polar surface area (TPSA) is 76.0 Å². The van der Waals surface area contributed by atoms with Gasteiger partial charge in [0, 0.05) is 43.8 Å². The maximum absolute atomic E-state index is 12.0. The van der Waals surface area contributed by atoms with E-state index in [1.807, 2.05) is 20.8 Å². The van der Waals surface area contributed by atoms with Gasteiger partial charge in [0.25, 0.3) is 0 Å². The summed E-state index contributed by atoms with van der Waals surface area (Å²) < 4.78 is 11.2. The van der Waals surface area contributed by atoms with Crippen LogP contribution in [0.3, 0.4) is 0 Å². The molecule has 132 valence electrons. The fraction of sp³-hybridized carbons (Fsp3) is 0.562. The number of halogens is 1.